The van der Waals surface area contributed by atoms with Gasteiger partial charge in [0.2, 0.25) is 0 Å². The third kappa shape index (κ3) is 2.63. The maximum absolute atomic E-state index is 11.7. The number of nitrogens with zero attached hydrogens (tertiary/aromatic N) is 3. The Labute approximate surface area is 110 Å². The summed E-state index contributed by atoms with van der Waals surface area (Å²) in [6, 6.07) is 4.97. The average molecular weight is 281 g/mol. The molecule has 0 atom stereocenters. The zero-order chi connectivity index (χ0) is 13.8. The number of ether oxygens (including phenoxy) is 1. The molecule has 0 bridgehead atoms. The van der Waals surface area contributed by atoms with E-state index in [1.807, 2.05) is 0 Å². The van der Waals surface area contributed by atoms with Crippen molar-refractivity contribution in [3.05, 3.63) is 36.2 Å². The number of thiol groups is 1. The second kappa shape index (κ2) is 5.61. The van der Waals surface area contributed by atoms with Gasteiger partial charge in [0.25, 0.3) is 0 Å². The predicted octanol–water partition coefficient (Wildman–Crippen LogP) is 0.414. The van der Waals surface area contributed by atoms with Crippen molar-refractivity contribution in [1.29, 1.82) is 0 Å². The standard InChI is InChI=1S/C11H11N3O4S/c1-2-18-11(15)8-7-13-14(10(8)19(16)17)9-5-3-4-6-12-9/h3-7,19H,2H2,1H3. The molecule has 0 N–H and O–H groups in total. The van der Waals surface area contributed by atoms with E-state index in [0.717, 1.165) is 10.9 Å². The van der Waals surface area contributed by atoms with Crippen molar-refractivity contribution >= 4 is 16.7 Å². The summed E-state index contributed by atoms with van der Waals surface area (Å²) in [7, 11) is -3.01. The highest BCUT2D eigenvalue weighted by Gasteiger charge is 2.21. The molecule has 0 radical (unpaired) electrons. The van der Waals surface area contributed by atoms with Crippen molar-refractivity contribution in [1.82, 2.24) is 14.8 Å². The zero-order valence-electron chi connectivity index (χ0n) is 10.0. The number of esters is 1. The van der Waals surface area contributed by atoms with Gasteiger partial charge < -0.3 is 4.74 Å². The molecular formula is C11H11N3O4S. The van der Waals surface area contributed by atoms with Crippen LogP contribution in [0.25, 0.3) is 5.82 Å². The highest BCUT2D eigenvalue weighted by atomic mass is 32.2. The first kappa shape index (κ1) is 13.2. The van der Waals surface area contributed by atoms with E-state index >= 15 is 0 Å². The Hall–Kier alpha value is -2.22. The summed E-state index contributed by atoms with van der Waals surface area (Å²) in [5.74, 6) is -0.411. The lowest BCUT2D eigenvalue weighted by Gasteiger charge is -2.03. The second-order valence-corrected chi connectivity index (χ2v) is 4.40. The summed E-state index contributed by atoms with van der Waals surface area (Å²) in [5.41, 5.74) is -0.0939. The molecule has 0 amide bonds. The summed E-state index contributed by atoms with van der Waals surface area (Å²) in [4.78, 5) is 15.6. The van der Waals surface area contributed by atoms with Gasteiger partial charge in [0.05, 0.1) is 12.8 Å². The number of carbonyl (C=O) groups excluding carboxylic acids is 1. The smallest absolute Gasteiger partial charge is 0.342 e. The Bertz CT molecular complexity index is 656. The lowest BCUT2D eigenvalue weighted by atomic mass is 10.4. The van der Waals surface area contributed by atoms with Crippen molar-refractivity contribution in [3.63, 3.8) is 0 Å². The maximum Gasteiger partial charge on any atom is 0.342 e. The molecule has 0 aliphatic rings. The van der Waals surface area contributed by atoms with Crippen molar-refractivity contribution in [2.75, 3.05) is 6.61 Å². The van der Waals surface area contributed by atoms with E-state index < -0.39 is 16.7 Å². The summed E-state index contributed by atoms with van der Waals surface area (Å²) in [5, 5.41) is 3.65. The third-order valence-electron chi connectivity index (χ3n) is 2.28. The molecule has 2 heterocycles. The van der Waals surface area contributed by atoms with Gasteiger partial charge in [-0.2, -0.15) is 5.10 Å². The molecule has 19 heavy (non-hydrogen) atoms. The van der Waals surface area contributed by atoms with Gasteiger partial charge in [0.15, 0.2) is 21.5 Å². The van der Waals surface area contributed by atoms with Crippen LogP contribution in [-0.2, 0) is 15.4 Å². The van der Waals surface area contributed by atoms with Gasteiger partial charge in [0.1, 0.15) is 5.56 Å². The van der Waals surface area contributed by atoms with Gasteiger partial charge in [-0.05, 0) is 19.1 Å². The van der Waals surface area contributed by atoms with Gasteiger partial charge in [-0.15, -0.1) is 0 Å². The molecule has 100 valence electrons. The van der Waals surface area contributed by atoms with Gasteiger partial charge in [-0.25, -0.2) is 22.9 Å². The number of hydrogen-bond donors (Lipinski definition) is 1. The van der Waals surface area contributed by atoms with Crippen molar-refractivity contribution in [2.45, 2.75) is 11.9 Å². The van der Waals surface area contributed by atoms with E-state index in [2.05, 4.69) is 10.1 Å². The van der Waals surface area contributed by atoms with Gasteiger partial charge in [0, 0.05) is 6.20 Å². The molecular weight excluding hydrogens is 270 g/mol. The van der Waals surface area contributed by atoms with Crippen LogP contribution in [0.3, 0.4) is 0 Å². The molecule has 0 fully saturated rings. The molecule has 0 spiro atoms. The summed E-state index contributed by atoms with van der Waals surface area (Å²) < 4.78 is 28.5. The fourth-order valence-electron chi connectivity index (χ4n) is 1.52. The lowest BCUT2D eigenvalue weighted by Crippen LogP contribution is -2.09. The van der Waals surface area contributed by atoms with Crippen LogP contribution in [0.15, 0.2) is 35.6 Å². The van der Waals surface area contributed by atoms with E-state index in [-0.39, 0.29) is 17.2 Å². The topological polar surface area (TPSA) is 91.2 Å². The third-order valence-corrected chi connectivity index (χ3v) is 3.05. The molecule has 0 unspecified atom stereocenters. The molecule has 2 aromatic rings. The van der Waals surface area contributed by atoms with Crippen molar-refractivity contribution in [3.8, 4) is 5.82 Å². The number of pyridine rings is 1. The molecule has 0 saturated carbocycles. The van der Waals surface area contributed by atoms with E-state index in [4.69, 9.17) is 4.74 Å². The van der Waals surface area contributed by atoms with Gasteiger partial charge in [-0.3, -0.25) is 0 Å². The Morgan fingerprint density at radius 2 is 2.21 bits per heavy atom. The summed E-state index contributed by atoms with van der Waals surface area (Å²) in [6.07, 6.45) is 2.66. The van der Waals surface area contributed by atoms with Crippen LogP contribution in [0.4, 0.5) is 0 Å². The monoisotopic (exact) mass is 281 g/mol. The predicted molar refractivity (Wildman–Crippen MR) is 65.9 cm³/mol. The van der Waals surface area contributed by atoms with Crippen LogP contribution in [0.5, 0.6) is 0 Å². The minimum Gasteiger partial charge on any atom is -0.462 e. The largest absolute Gasteiger partial charge is 0.462 e. The first-order valence-electron chi connectivity index (χ1n) is 5.46. The first-order valence-corrected chi connectivity index (χ1v) is 6.63. The molecule has 0 aliphatic carbocycles. The fraction of sp³-hybridized carbons (Fsp3) is 0.182. The molecule has 0 aliphatic heterocycles. The number of carbonyl (C=O) groups is 1. The molecule has 8 heteroatoms. The van der Waals surface area contributed by atoms with Crippen LogP contribution < -0.4 is 0 Å². The quantitative estimate of drug-likeness (QED) is 0.645. The van der Waals surface area contributed by atoms with E-state index in [1.54, 1.807) is 25.1 Å². The van der Waals surface area contributed by atoms with E-state index in [1.165, 1.54) is 6.20 Å². The van der Waals surface area contributed by atoms with Crippen LogP contribution in [0.1, 0.15) is 17.3 Å². The molecule has 0 saturated heterocycles. The molecule has 2 aromatic heterocycles. The second-order valence-electron chi connectivity index (χ2n) is 3.46. The molecule has 7 nitrogen and oxygen atoms in total. The lowest BCUT2D eigenvalue weighted by molar-refractivity contribution is 0.0521. The number of hydrogen-bond acceptors (Lipinski definition) is 6. The van der Waals surface area contributed by atoms with E-state index in [0.29, 0.717) is 5.82 Å². The van der Waals surface area contributed by atoms with Crippen LogP contribution >= 0.6 is 0 Å². The Balaban J connectivity index is 2.56. The highest BCUT2D eigenvalue weighted by Crippen LogP contribution is 2.15. The first-order chi connectivity index (χ1) is 9.15. The Kier molecular flexibility index (Phi) is 3.91. The Morgan fingerprint density at radius 3 is 2.79 bits per heavy atom. The van der Waals surface area contributed by atoms with Crippen LogP contribution in [0, 0.1) is 0 Å². The molecule has 0 aromatic carbocycles. The van der Waals surface area contributed by atoms with Gasteiger partial charge in [-0.1, -0.05) is 6.07 Å². The summed E-state index contributed by atoms with van der Waals surface area (Å²) in [6.45, 7) is 1.79. The van der Waals surface area contributed by atoms with E-state index in [9.17, 15) is 13.2 Å². The summed E-state index contributed by atoms with van der Waals surface area (Å²) >= 11 is 0. The minimum absolute atomic E-state index is 0.0939. The number of rotatable bonds is 4. The van der Waals surface area contributed by atoms with Crippen molar-refractivity contribution in [2.24, 2.45) is 0 Å². The van der Waals surface area contributed by atoms with Gasteiger partial charge >= 0.3 is 5.97 Å². The number of aromatic nitrogens is 3. The SMILES string of the molecule is CCOC(=O)c1cnn(-c2ccccn2)c1[SH](=O)=O. The molecule has 2 rings (SSSR count). The zero-order valence-corrected chi connectivity index (χ0v) is 10.9. The minimum atomic E-state index is -3.01. The van der Waals surface area contributed by atoms with Crippen LogP contribution in [-0.4, -0.2) is 35.8 Å². The normalized spacial score (nSPS) is 10.6. The maximum atomic E-state index is 11.7. The average Bonchev–Trinajstić information content (AvgIpc) is 2.85. The Morgan fingerprint density at radius 1 is 1.42 bits per heavy atom. The highest BCUT2D eigenvalue weighted by molar-refractivity contribution is 7.72. The van der Waals surface area contributed by atoms with Crippen molar-refractivity contribution < 1.29 is 17.9 Å². The van der Waals surface area contributed by atoms with Crippen LogP contribution in [0.2, 0.25) is 0 Å². The fourth-order valence-corrected chi connectivity index (χ4v) is 2.17.